The highest BCUT2D eigenvalue weighted by Gasteiger charge is 2.35. The highest BCUT2D eigenvalue weighted by molar-refractivity contribution is 6.04. The van der Waals surface area contributed by atoms with Crippen molar-refractivity contribution in [1.82, 2.24) is 14.8 Å². The zero-order valence-electron chi connectivity index (χ0n) is 21.0. The average molecular weight is 449 g/mol. The molecule has 0 amide bonds. The largest absolute Gasteiger partial charge is 0.445 e. The molecule has 7 heteroatoms. The highest BCUT2D eigenvalue weighted by Crippen LogP contribution is 2.41. The van der Waals surface area contributed by atoms with E-state index in [1.807, 2.05) is 45.0 Å². The fourth-order valence-corrected chi connectivity index (χ4v) is 3.51. The lowest BCUT2D eigenvalue weighted by Gasteiger charge is -2.30. The van der Waals surface area contributed by atoms with Crippen LogP contribution in [-0.4, -0.2) is 26.5 Å². The van der Waals surface area contributed by atoms with Crippen LogP contribution < -0.4 is 5.73 Å². The Morgan fingerprint density at radius 1 is 1.12 bits per heavy atom. The van der Waals surface area contributed by atoms with Gasteiger partial charge in [0.15, 0.2) is 0 Å². The Bertz CT molecular complexity index is 1050. The van der Waals surface area contributed by atoms with Crippen LogP contribution in [0.25, 0.3) is 5.69 Å². The van der Waals surface area contributed by atoms with Crippen LogP contribution in [0.3, 0.4) is 0 Å². The smallest absolute Gasteiger partial charge is 0.205 e. The van der Waals surface area contributed by atoms with Gasteiger partial charge >= 0.3 is 0 Å². The number of nitriles is 1. The van der Waals surface area contributed by atoms with Crippen LogP contribution in [0.4, 0.5) is 0 Å². The van der Waals surface area contributed by atoms with E-state index >= 15 is 0 Å². The van der Waals surface area contributed by atoms with E-state index in [1.165, 1.54) is 6.33 Å². The molecule has 0 bridgehead atoms. The number of allylic oxidation sites excluding steroid dienone is 3. The molecule has 0 fully saturated rings. The standard InChI is InChI=1S/C22H26N6O.C4H10/c1-13(2)21(27-14(3)4)19-15(5)29-22(24)18(10-23)20(19)16-6-8-17(9-7-16)28-12-25-11-26-28;1-4(2)3/h6-9,11-14,20H,24H2,1-5H3;4H,1-3H3. The number of nitrogens with zero attached hydrogens (tertiary/aromatic N) is 5. The second kappa shape index (κ2) is 11.5. The SMILES string of the molecule is CC(C)C.CC1=C(C(=NC(C)C)C(C)C)C(c2ccc(-n3cncn3)cc2)C(C#N)=C(N)O1. The van der Waals surface area contributed by atoms with E-state index in [1.54, 1.807) is 11.0 Å². The Morgan fingerprint density at radius 2 is 1.73 bits per heavy atom. The molecule has 1 aromatic heterocycles. The van der Waals surface area contributed by atoms with Gasteiger partial charge < -0.3 is 10.5 Å². The van der Waals surface area contributed by atoms with Crippen molar-refractivity contribution in [2.24, 2.45) is 22.6 Å². The minimum absolute atomic E-state index is 0.122. The minimum atomic E-state index is -0.335. The summed E-state index contributed by atoms with van der Waals surface area (Å²) in [5.41, 5.74) is 10.2. The molecule has 2 heterocycles. The molecule has 0 aliphatic carbocycles. The van der Waals surface area contributed by atoms with Crippen molar-refractivity contribution >= 4 is 5.71 Å². The van der Waals surface area contributed by atoms with E-state index in [0.717, 1.165) is 28.5 Å². The molecule has 2 aromatic rings. The van der Waals surface area contributed by atoms with Crippen molar-refractivity contribution in [3.05, 3.63) is 65.3 Å². The maximum Gasteiger partial charge on any atom is 0.205 e. The van der Waals surface area contributed by atoms with Crippen LogP contribution in [0.15, 0.2) is 64.7 Å². The summed E-state index contributed by atoms with van der Waals surface area (Å²) in [5, 5.41) is 14.0. The normalized spacial score (nSPS) is 16.7. The molecule has 1 aliphatic rings. The number of rotatable bonds is 5. The van der Waals surface area contributed by atoms with Crippen LogP contribution in [0, 0.1) is 23.2 Å². The van der Waals surface area contributed by atoms with Crippen LogP contribution in [0.1, 0.15) is 66.9 Å². The van der Waals surface area contributed by atoms with Gasteiger partial charge in [0, 0.05) is 17.3 Å². The van der Waals surface area contributed by atoms with Gasteiger partial charge in [-0.2, -0.15) is 10.4 Å². The number of aliphatic imine (C=N–C) groups is 1. The van der Waals surface area contributed by atoms with Gasteiger partial charge in [0.05, 0.1) is 11.6 Å². The van der Waals surface area contributed by atoms with Crippen molar-refractivity contribution in [1.29, 1.82) is 5.26 Å². The zero-order chi connectivity index (χ0) is 24.7. The molecular weight excluding hydrogens is 412 g/mol. The number of aromatic nitrogens is 3. The van der Waals surface area contributed by atoms with Crippen LogP contribution in [0.2, 0.25) is 0 Å². The first-order valence-electron chi connectivity index (χ1n) is 11.4. The highest BCUT2D eigenvalue weighted by atomic mass is 16.5. The maximum absolute atomic E-state index is 9.85. The summed E-state index contributed by atoms with van der Waals surface area (Å²) in [7, 11) is 0. The van der Waals surface area contributed by atoms with Crippen LogP contribution in [0.5, 0.6) is 0 Å². The number of hydrogen-bond acceptors (Lipinski definition) is 6. The summed E-state index contributed by atoms with van der Waals surface area (Å²) in [6.45, 7) is 16.7. The molecule has 1 aromatic carbocycles. The third kappa shape index (κ3) is 6.55. The molecule has 0 spiro atoms. The molecule has 3 rings (SSSR count). The first-order valence-corrected chi connectivity index (χ1v) is 11.4. The summed E-state index contributed by atoms with van der Waals surface area (Å²) in [6.07, 6.45) is 3.13. The summed E-state index contributed by atoms with van der Waals surface area (Å²) >= 11 is 0. The molecule has 0 saturated heterocycles. The average Bonchev–Trinajstić information content (AvgIpc) is 3.26. The van der Waals surface area contributed by atoms with Gasteiger partial charge in [0.2, 0.25) is 5.88 Å². The summed E-state index contributed by atoms with van der Waals surface area (Å²) in [4.78, 5) is 8.85. The van der Waals surface area contributed by atoms with Crippen LogP contribution in [-0.2, 0) is 4.74 Å². The molecule has 7 nitrogen and oxygen atoms in total. The Morgan fingerprint density at radius 3 is 2.18 bits per heavy atom. The lowest BCUT2D eigenvalue weighted by atomic mass is 9.78. The number of hydrogen-bond donors (Lipinski definition) is 1. The third-order valence-corrected chi connectivity index (χ3v) is 4.74. The van der Waals surface area contributed by atoms with Gasteiger partial charge in [-0.05, 0) is 50.3 Å². The van der Waals surface area contributed by atoms with Crippen LogP contribution >= 0.6 is 0 Å². The van der Waals surface area contributed by atoms with Crippen molar-refractivity contribution in [2.45, 2.75) is 67.3 Å². The molecule has 0 saturated carbocycles. The summed E-state index contributed by atoms with van der Waals surface area (Å²) in [5.74, 6) is 1.49. The predicted molar refractivity (Wildman–Crippen MR) is 133 cm³/mol. The fraction of sp³-hybridized carbons (Fsp3) is 0.462. The number of nitrogens with two attached hydrogens (primary N) is 1. The number of benzene rings is 1. The summed E-state index contributed by atoms with van der Waals surface area (Å²) < 4.78 is 7.45. The Hall–Kier alpha value is -3.40. The van der Waals surface area contributed by atoms with Gasteiger partial charge in [-0.25, -0.2) is 9.67 Å². The molecule has 176 valence electrons. The zero-order valence-corrected chi connectivity index (χ0v) is 21.0. The minimum Gasteiger partial charge on any atom is -0.445 e. The Balaban J connectivity index is 0.000000890. The first kappa shape index (κ1) is 25.9. The van der Waals surface area contributed by atoms with E-state index in [9.17, 15) is 5.26 Å². The summed E-state index contributed by atoms with van der Waals surface area (Å²) in [6, 6.07) is 10.2. The van der Waals surface area contributed by atoms with Crippen molar-refractivity contribution in [3.8, 4) is 11.8 Å². The van der Waals surface area contributed by atoms with E-state index < -0.39 is 0 Å². The van der Waals surface area contributed by atoms with Gasteiger partial charge in [-0.1, -0.05) is 46.8 Å². The molecule has 1 aliphatic heterocycles. The molecule has 1 atom stereocenters. The molecule has 1 unspecified atom stereocenters. The van der Waals surface area contributed by atoms with Gasteiger partial charge in [0.1, 0.15) is 30.1 Å². The number of ether oxygens (including phenoxy) is 1. The molecular formula is C26H36N6O. The molecule has 2 N–H and O–H groups in total. The van der Waals surface area contributed by atoms with Crippen molar-refractivity contribution < 1.29 is 4.74 Å². The Labute approximate surface area is 197 Å². The van der Waals surface area contributed by atoms with Crippen molar-refractivity contribution in [2.75, 3.05) is 0 Å². The maximum atomic E-state index is 9.85. The third-order valence-electron chi connectivity index (χ3n) is 4.74. The van der Waals surface area contributed by atoms with Gasteiger partial charge in [-0.15, -0.1) is 0 Å². The van der Waals surface area contributed by atoms with Gasteiger partial charge in [-0.3, -0.25) is 4.99 Å². The van der Waals surface area contributed by atoms with E-state index in [4.69, 9.17) is 15.5 Å². The monoisotopic (exact) mass is 448 g/mol. The lowest BCUT2D eigenvalue weighted by molar-refractivity contribution is 0.283. The second-order valence-electron chi connectivity index (χ2n) is 9.32. The van der Waals surface area contributed by atoms with E-state index in [2.05, 4.69) is 50.8 Å². The predicted octanol–water partition coefficient (Wildman–Crippen LogP) is 5.52. The lowest BCUT2D eigenvalue weighted by Crippen LogP contribution is -2.27. The van der Waals surface area contributed by atoms with Gasteiger partial charge in [0.25, 0.3) is 0 Å². The van der Waals surface area contributed by atoms with E-state index in [0.29, 0.717) is 11.3 Å². The molecule has 0 radical (unpaired) electrons. The molecule has 33 heavy (non-hydrogen) atoms. The second-order valence-corrected chi connectivity index (χ2v) is 9.32. The first-order chi connectivity index (χ1) is 15.6. The quantitative estimate of drug-likeness (QED) is 0.607. The van der Waals surface area contributed by atoms with E-state index in [-0.39, 0.29) is 23.8 Å². The fourth-order valence-electron chi connectivity index (χ4n) is 3.51. The Kier molecular flexibility index (Phi) is 8.98. The van der Waals surface area contributed by atoms with Crippen molar-refractivity contribution in [3.63, 3.8) is 0 Å². The topological polar surface area (TPSA) is 102 Å².